The summed E-state index contributed by atoms with van der Waals surface area (Å²) in [6.07, 6.45) is 1.20. The number of ether oxygens (including phenoxy) is 1. The van der Waals surface area contributed by atoms with E-state index < -0.39 is 0 Å². The molecule has 2 aliphatic heterocycles. The van der Waals surface area contributed by atoms with E-state index in [0.29, 0.717) is 12.0 Å². The lowest BCUT2D eigenvalue weighted by atomic mass is 10.1. The van der Waals surface area contributed by atoms with Gasteiger partial charge >= 0.3 is 0 Å². The van der Waals surface area contributed by atoms with Gasteiger partial charge in [0.2, 0.25) is 0 Å². The van der Waals surface area contributed by atoms with E-state index in [1.165, 1.54) is 19.5 Å². The van der Waals surface area contributed by atoms with Crippen LogP contribution in [0.1, 0.15) is 13.3 Å². The normalized spacial score (nSPS) is 25.3. The molecule has 23 heavy (non-hydrogen) atoms. The fraction of sp³-hybridized carbons (Fsp3) is 0.938. The fourth-order valence-electron chi connectivity index (χ4n) is 3.36. The number of piperazine rings is 1. The van der Waals surface area contributed by atoms with E-state index in [-0.39, 0.29) is 24.0 Å². The first kappa shape index (κ1) is 20.9. The summed E-state index contributed by atoms with van der Waals surface area (Å²) >= 11 is 0. The largest absolute Gasteiger partial charge is 0.384 e. The van der Waals surface area contributed by atoms with E-state index in [1.54, 1.807) is 7.11 Å². The van der Waals surface area contributed by atoms with Crippen molar-refractivity contribution in [3.8, 4) is 0 Å². The Balaban J connectivity index is 0.00000264. The zero-order valence-electron chi connectivity index (χ0n) is 15.1. The van der Waals surface area contributed by atoms with Crippen molar-refractivity contribution in [2.24, 2.45) is 10.9 Å². The van der Waals surface area contributed by atoms with E-state index in [0.717, 1.165) is 45.3 Å². The number of aliphatic imine (C=N–C) groups is 1. The summed E-state index contributed by atoms with van der Waals surface area (Å²) in [7, 11) is 5.87. The molecule has 2 aliphatic rings. The summed E-state index contributed by atoms with van der Waals surface area (Å²) in [5.41, 5.74) is 0. The number of likely N-dealkylation sites (tertiary alicyclic amines) is 1. The van der Waals surface area contributed by atoms with Crippen LogP contribution < -0.4 is 5.32 Å². The molecule has 0 spiro atoms. The Morgan fingerprint density at radius 2 is 1.96 bits per heavy atom. The van der Waals surface area contributed by atoms with Crippen LogP contribution in [0.15, 0.2) is 4.99 Å². The molecule has 0 aromatic heterocycles. The van der Waals surface area contributed by atoms with Gasteiger partial charge in [0, 0.05) is 71.9 Å². The van der Waals surface area contributed by atoms with Gasteiger partial charge < -0.3 is 19.9 Å². The van der Waals surface area contributed by atoms with Crippen LogP contribution in [0, 0.1) is 5.92 Å². The van der Waals surface area contributed by atoms with Crippen molar-refractivity contribution in [1.29, 1.82) is 0 Å². The number of rotatable bonds is 5. The van der Waals surface area contributed by atoms with Crippen molar-refractivity contribution in [2.45, 2.75) is 19.4 Å². The van der Waals surface area contributed by atoms with Crippen LogP contribution in [0.2, 0.25) is 0 Å². The highest BCUT2D eigenvalue weighted by atomic mass is 127. The molecular formula is C16H34IN5O. The lowest BCUT2D eigenvalue weighted by molar-refractivity contribution is 0.119. The second kappa shape index (κ2) is 10.7. The Labute approximate surface area is 158 Å². The minimum atomic E-state index is 0. The molecule has 6 nitrogen and oxygen atoms in total. The SMILES string of the molecule is CN=C(NCC(C)N1CCN(C)CC1)N1CCC(COC)C1.I. The highest BCUT2D eigenvalue weighted by molar-refractivity contribution is 14.0. The first-order chi connectivity index (χ1) is 10.6. The summed E-state index contributed by atoms with van der Waals surface area (Å²) in [6, 6.07) is 0.544. The van der Waals surface area contributed by atoms with E-state index in [1.807, 2.05) is 7.05 Å². The quantitative estimate of drug-likeness (QED) is 0.390. The monoisotopic (exact) mass is 439 g/mol. The number of methoxy groups -OCH3 is 1. The van der Waals surface area contributed by atoms with Crippen LogP contribution >= 0.6 is 24.0 Å². The lowest BCUT2D eigenvalue weighted by Crippen LogP contribution is -2.52. The van der Waals surface area contributed by atoms with E-state index in [9.17, 15) is 0 Å². The van der Waals surface area contributed by atoms with Gasteiger partial charge in [0.15, 0.2) is 5.96 Å². The first-order valence-corrected chi connectivity index (χ1v) is 8.51. The number of guanidine groups is 1. The Kier molecular flexibility index (Phi) is 9.72. The number of hydrogen-bond acceptors (Lipinski definition) is 4. The van der Waals surface area contributed by atoms with E-state index >= 15 is 0 Å². The molecule has 2 atom stereocenters. The summed E-state index contributed by atoms with van der Waals surface area (Å²) in [6.45, 7) is 10.9. The third-order valence-electron chi connectivity index (χ3n) is 4.92. The molecule has 7 heteroatoms. The summed E-state index contributed by atoms with van der Waals surface area (Å²) < 4.78 is 5.28. The van der Waals surface area contributed by atoms with Crippen molar-refractivity contribution in [1.82, 2.24) is 20.0 Å². The fourth-order valence-corrected chi connectivity index (χ4v) is 3.36. The molecule has 2 fully saturated rings. The van der Waals surface area contributed by atoms with Crippen molar-refractivity contribution in [3.05, 3.63) is 0 Å². The smallest absolute Gasteiger partial charge is 0.193 e. The standard InChI is InChI=1S/C16H33N5O.HI/c1-14(20-9-7-19(3)8-10-20)11-18-16(17-2)21-6-5-15(12-21)13-22-4;/h14-15H,5-13H2,1-4H3,(H,17,18);1H. The third-order valence-corrected chi connectivity index (χ3v) is 4.92. The number of hydrogen-bond donors (Lipinski definition) is 1. The Hall–Kier alpha value is -0.120. The molecule has 0 aromatic carbocycles. The zero-order valence-corrected chi connectivity index (χ0v) is 17.5. The highest BCUT2D eigenvalue weighted by Crippen LogP contribution is 2.16. The molecule has 2 saturated heterocycles. The predicted octanol–water partition coefficient (Wildman–Crippen LogP) is 0.784. The molecule has 2 rings (SSSR count). The third kappa shape index (κ3) is 6.36. The van der Waals surface area contributed by atoms with Crippen LogP contribution in [0.5, 0.6) is 0 Å². The summed E-state index contributed by atoms with van der Waals surface area (Å²) in [5, 5.41) is 3.56. The maximum atomic E-state index is 5.28. The van der Waals surface area contributed by atoms with Crippen molar-refractivity contribution in [3.63, 3.8) is 0 Å². The maximum absolute atomic E-state index is 5.28. The second-order valence-electron chi connectivity index (χ2n) is 6.67. The van der Waals surface area contributed by atoms with Gasteiger partial charge in [-0.2, -0.15) is 0 Å². The van der Waals surface area contributed by atoms with Crippen LogP contribution in [-0.4, -0.2) is 100 Å². The van der Waals surface area contributed by atoms with Gasteiger partial charge in [-0.25, -0.2) is 0 Å². The number of likely N-dealkylation sites (N-methyl/N-ethyl adjacent to an activating group) is 1. The van der Waals surface area contributed by atoms with Crippen molar-refractivity contribution >= 4 is 29.9 Å². The average molecular weight is 439 g/mol. The minimum absolute atomic E-state index is 0. The molecule has 0 saturated carbocycles. The topological polar surface area (TPSA) is 43.3 Å². The number of nitrogens with one attached hydrogen (secondary N) is 1. The number of halogens is 1. The van der Waals surface area contributed by atoms with Gasteiger partial charge in [-0.3, -0.25) is 9.89 Å². The maximum Gasteiger partial charge on any atom is 0.193 e. The molecule has 0 radical (unpaired) electrons. The minimum Gasteiger partial charge on any atom is -0.384 e. The predicted molar refractivity (Wildman–Crippen MR) is 107 cm³/mol. The van der Waals surface area contributed by atoms with E-state index in [2.05, 4.69) is 39.0 Å². The molecule has 2 heterocycles. The molecule has 0 amide bonds. The van der Waals surface area contributed by atoms with Gasteiger partial charge in [0.1, 0.15) is 0 Å². The van der Waals surface area contributed by atoms with Crippen LogP contribution in [0.25, 0.3) is 0 Å². The molecule has 136 valence electrons. The van der Waals surface area contributed by atoms with Crippen LogP contribution in [0.4, 0.5) is 0 Å². The summed E-state index contributed by atoms with van der Waals surface area (Å²) in [4.78, 5) is 11.8. The van der Waals surface area contributed by atoms with Crippen molar-refractivity contribution in [2.75, 3.05) is 73.6 Å². The van der Waals surface area contributed by atoms with Gasteiger partial charge in [-0.05, 0) is 20.4 Å². The van der Waals surface area contributed by atoms with Crippen LogP contribution in [0.3, 0.4) is 0 Å². The zero-order chi connectivity index (χ0) is 15.9. The molecular weight excluding hydrogens is 405 g/mol. The first-order valence-electron chi connectivity index (χ1n) is 8.51. The van der Waals surface area contributed by atoms with E-state index in [4.69, 9.17) is 4.74 Å². The Bertz CT molecular complexity index is 360. The average Bonchev–Trinajstić information content (AvgIpc) is 2.97. The van der Waals surface area contributed by atoms with Gasteiger partial charge in [0.25, 0.3) is 0 Å². The van der Waals surface area contributed by atoms with Gasteiger partial charge in [-0.1, -0.05) is 0 Å². The summed E-state index contributed by atoms with van der Waals surface area (Å²) in [5.74, 6) is 1.68. The Morgan fingerprint density at radius 3 is 2.57 bits per heavy atom. The lowest BCUT2D eigenvalue weighted by Gasteiger charge is -2.37. The second-order valence-corrected chi connectivity index (χ2v) is 6.67. The number of nitrogens with zero attached hydrogens (tertiary/aromatic N) is 4. The highest BCUT2D eigenvalue weighted by Gasteiger charge is 2.25. The molecule has 2 unspecified atom stereocenters. The van der Waals surface area contributed by atoms with Gasteiger partial charge in [-0.15, -0.1) is 24.0 Å². The molecule has 1 N–H and O–H groups in total. The molecule has 0 aliphatic carbocycles. The Morgan fingerprint density at radius 1 is 1.26 bits per heavy atom. The molecule has 0 aromatic rings. The van der Waals surface area contributed by atoms with Gasteiger partial charge in [0.05, 0.1) is 6.61 Å². The van der Waals surface area contributed by atoms with Crippen molar-refractivity contribution < 1.29 is 4.74 Å². The van der Waals surface area contributed by atoms with Crippen LogP contribution in [-0.2, 0) is 4.74 Å². The molecule has 0 bridgehead atoms.